The zero-order chi connectivity index (χ0) is 20.4. The standard InChI is InChI=1S/C23H28N2O3S/c1-2-21(17-7-4-3-5-8-17)22-9-6-16-25(22)23(26)18-10-14-20(15-11-18)29(27,28)24-19-12-13-19/h3-5,7-8,10-11,14-15,19,21-22,24H,2,6,9,12-13,16H2,1H3. The Morgan fingerprint density at radius 1 is 1.07 bits per heavy atom. The summed E-state index contributed by atoms with van der Waals surface area (Å²) in [6.07, 6.45) is 4.76. The molecule has 154 valence electrons. The molecular formula is C23H28N2O3S. The zero-order valence-electron chi connectivity index (χ0n) is 16.8. The molecule has 1 heterocycles. The van der Waals surface area contributed by atoms with Crippen LogP contribution in [-0.4, -0.2) is 37.9 Å². The van der Waals surface area contributed by atoms with Crippen LogP contribution in [-0.2, 0) is 10.0 Å². The number of carbonyl (C=O) groups is 1. The molecule has 0 radical (unpaired) electrons. The van der Waals surface area contributed by atoms with Gasteiger partial charge in [0, 0.05) is 30.1 Å². The van der Waals surface area contributed by atoms with Crippen molar-refractivity contribution in [2.45, 2.75) is 61.9 Å². The first-order valence-electron chi connectivity index (χ1n) is 10.5. The Hall–Kier alpha value is -2.18. The lowest BCUT2D eigenvalue weighted by Crippen LogP contribution is -2.39. The lowest BCUT2D eigenvalue weighted by molar-refractivity contribution is 0.0714. The second-order valence-corrected chi connectivity index (χ2v) is 9.77. The summed E-state index contributed by atoms with van der Waals surface area (Å²) in [7, 11) is -3.50. The number of rotatable bonds is 7. The normalized spacial score (nSPS) is 20.6. The Kier molecular flexibility index (Phi) is 5.74. The SMILES string of the molecule is CCC(c1ccccc1)C1CCCN1C(=O)c1ccc(S(=O)(=O)NC2CC2)cc1. The van der Waals surface area contributed by atoms with E-state index in [1.54, 1.807) is 12.1 Å². The first-order chi connectivity index (χ1) is 14.0. The van der Waals surface area contributed by atoms with E-state index < -0.39 is 10.0 Å². The van der Waals surface area contributed by atoms with E-state index in [9.17, 15) is 13.2 Å². The summed E-state index contributed by atoms with van der Waals surface area (Å²) in [5.74, 6) is 0.297. The molecule has 1 aliphatic heterocycles. The van der Waals surface area contributed by atoms with Crippen LogP contribution in [0.15, 0.2) is 59.5 Å². The van der Waals surface area contributed by atoms with Gasteiger partial charge < -0.3 is 4.90 Å². The first-order valence-corrected chi connectivity index (χ1v) is 12.0. The van der Waals surface area contributed by atoms with Crippen molar-refractivity contribution in [3.8, 4) is 0 Å². The molecule has 2 unspecified atom stereocenters. The van der Waals surface area contributed by atoms with Crippen molar-refractivity contribution in [1.82, 2.24) is 9.62 Å². The predicted octanol–water partition coefficient (Wildman–Crippen LogP) is 3.93. The molecule has 5 nitrogen and oxygen atoms in total. The van der Waals surface area contributed by atoms with Gasteiger partial charge >= 0.3 is 0 Å². The van der Waals surface area contributed by atoms with E-state index >= 15 is 0 Å². The molecule has 1 amide bonds. The summed E-state index contributed by atoms with van der Waals surface area (Å²) >= 11 is 0. The molecule has 1 aliphatic carbocycles. The molecule has 4 rings (SSSR count). The van der Waals surface area contributed by atoms with E-state index in [-0.39, 0.29) is 22.9 Å². The van der Waals surface area contributed by atoms with Gasteiger partial charge in [0.2, 0.25) is 10.0 Å². The van der Waals surface area contributed by atoms with Gasteiger partial charge in [-0.1, -0.05) is 37.3 Å². The smallest absolute Gasteiger partial charge is 0.254 e. The molecular weight excluding hydrogens is 384 g/mol. The molecule has 1 saturated carbocycles. The molecule has 1 saturated heterocycles. The third kappa shape index (κ3) is 4.38. The van der Waals surface area contributed by atoms with E-state index in [2.05, 4.69) is 23.8 Å². The van der Waals surface area contributed by atoms with Gasteiger partial charge in [-0.15, -0.1) is 0 Å². The summed E-state index contributed by atoms with van der Waals surface area (Å²) < 4.78 is 27.4. The minimum absolute atomic E-state index is 0.0130. The fourth-order valence-corrected chi connectivity index (χ4v) is 5.63. The van der Waals surface area contributed by atoms with Gasteiger partial charge in [0.15, 0.2) is 0 Å². The number of sulfonamides is 1. The average molecular weight is 413 g/mol. The molecule has 2 atom stereocenters. The van der Waals surface area contributed by atoms with E-state index in [4.69, 9.17) is 0 Å². The van der Waals surface area contributed by atoms with E-state index in [0.717, 1.165) is 38.6 Å². The van der Waals surface area contributed by atoms with Crippen LogP contribution < -0.4 is 4.72 Å². The van der Waals surface area contributed by atoms with Crippen LogP contribution in [0.1, 0.15) is 60.9 Å². The van der Waals surface area contributed by atoms with Gasteiger partial charge in [0.1, 0.15) is 0 Å². The number of likely N-dealkylation sites (tertiary alicyclic amines) is 1. The number of benzene rings is 2. The highest BCUT2D eigenvalue weighted by Gasteiger charge is 2.35. The van der Waals surface area contributed by atoms with Crippen LogP contribution >= 0.6 is 0 Å². The maximum atomic E-state index is 13.2. The largest absolute Gasteiger partial charge is 0.335 e. The van der Waals surface area contributed by atoms with Crippen LogP contribution in [0.3, 0.4) is 0 Å². The number of nitrogens with one attached hydrogen (secondary N) is 1. The van der Waals surface area contributed by atoms with Gasteiger partial charge in [-0.2, -0.15) is 0 Å². The summed E-state index contributed by atoms with van der Waals surface area (Å²) in [6, 6.07) is 17.0. The van der Waals surface area contributed by atoms with E-state index in [1.807, 2.05) is 23.1 Å². The quantitative estimate of drug-likeness (QED) is 0.749. The molecule has 2 aliphatic rings. The minimum Gasteiger partial charge on any atom is -0.335 e. The Balaban J connectivity index is 1.52. The van der Waals surface area contributed by atoms with Crippen LogP contribution in [0.25, 0.3) is 0 Å². The second-order valence-electron chi connectivity index (χ2n) is 8.05. The summed E-state index contributed by atoms with van der Waals surface area (Å²) in [6.45, 7) is 2.92. The summed E-state index contributed by atoms with van der Waals surface area (Å²) in [4.78, 5) is 15.4. The van der Waals surface area contributed by atoms with Crippen molar-refractivity contribution in [3.05, 3.63) is 65.7 Å². The molecule has 0 bridgehead atoms. The number of amides is 1. The molecule has 0 spiro atoms. The third-order valence-electron chi connectivity index (χ3n) is 6.00. The Morgan fingerprint density at radius 2 is 1.76 bits per heavy atom. The fraction of sp³-hybridized carbons (Fsp3) is 0.435. The molecule has 2 aromatic carbocycles. The third-order valence-corrected chi connectivity index (χ3v) is 7.54. The van der Waals surface area contributed by atoms with Crippen LogP contribution in [0.5, 0.6) is 0 Å². The highest BCUT2D eigenvalue weighted by atomic mass is 32.2. The lowest BCUT2D eigenvalue weighted by Gasteiger charge is -2.31. The summed E-state index contributed by atoms with van der Waals surface area (Å²) in [5.41, 5.74) is 1.82. The number of hydrogen-bond donors (Lipinski definition) is 1. The van der Waals surface area contributed by atoms with Gasteiger partial charge in [-0.05, 0) is 61.9 Å². The molecule has 29 heavy (non-hydrogen) atoms. The second kappa shape index (κ2) is 8.28. The number of nitrogens with zero attached hydrogens (tertiary/aromatic N) is 1. The van der Waals surface area contributed by atoms with Crippen molar-refractivity contribution >= 4 is 15.9 Å². The van der Waals surface area contributed by atoms with Crippen molar-refractivity contribution in [1.29, 1.82) is 0 Å². The maximum absolute atomic E-state index is 13.2. The average Bonchev–Trinajstić information content (AvgIpc) is 3.41. The highest BCUT2D eigenvalue weighted by molar-refractivity contribution is 7.89. The van der Waals surface area contributed by atoms with Gasteiger partial charge in [-0.3, -0.25) is 4.79 Å². The molecule has 2 fully saturated rings. The Morgan fingerprint density at radius 3 is 2.38 bits per heavy atom. The number of hydrogen-bond acceptors (Lipinski definition) is 3. The minimum atomic E-state index is -3.50. The highest BCUT2D eigenvalue weighted by Crippen LogP contribution is 2.34. The Bertz CT molecular complexity index is 953. The lowest BCUT2D eigenvalue weighted by atomic mass is 9.87. The fourth-order valence-electron chi connectivity index (χ4n) is 4.32. The van der Waals surface area contributed by atoms with Crippen molar-refractivity contribution in [2.75, 3.05) is 6.54 Å². The van der Waals surface area contributed by atoms with Crippen molar-refractivity contribution < 1.29 is 13.2 Å². The van der Waals surface area contributed by atoms with Crippen LogP contribution in [0.4, 0.5) is 0 Å². The van der Waals surface area contributed by atoms with E-state index in [1.165, 1.54) is 17.7 Å². The van der Waals surface area contributed by atoms with Gasteiger partial charge in [0.05, 0.1) is 4.90 Å². The first kappa shape index (κ1) is 20.1. The van der Waals surface area contributed by atoms with Gasteiger partial charge in [-0.25, -0.2) is 13.1 Å². The summed E-state index contributed by atoms with van der Waals surface area (Å²) in [5, 5.41) is 0. The Labute approximate surface area is 173 Å². The monoisotopic (exact) mass is 412 g/mol. The molecule has 6 heteroatoms. The maximum Gasteiger partial charge on any atom is 0.254 e. The topological polar surface area (TPSA) is 66.5 Å². The number of carbonyl (C=O) groups excluding carboxylic acids is 1. The van der Waals surface area contributed by atoms with Gasteiger partial charge in [0.25, 0.3) is 5.91 Å². The molecule has 0 aromatic heterocycles. The van der Waals surface area contributed by atoms with Crippen molar-refractivity contribution in [2.24, 2.45) is 0 Å². The predicted molar refractivity (Wildman–Crippen MR) is 113 cm³/mol. The van der Waals surface area contributed by atoms with Crippen LogP contribution in [0, 0.1) is 0 Å². The zero-order valence-corrected chi connectivity index (χ0v) is 17.6. The van der Waals surface area contributed by atoms with E-state index in [0.29, 0.717) is 11.5 Å². The van der Waals surface area contributed by atoms with Crippen molar-refractivity contribution in [3.63, 3.8) is 0 Å². The molecule has 1 N–H and O–H groups in total. The molecule has 2 aromatic rings. The van der Waals surface area contributed by atoms with Crippen LogP contribution in [0.2, 0.25) is 0 Å².